The predicted octanol–water partition coefficient (Wildman–Crippen LogP) is 2.73. The summed E-state index contributed by atoms with van der Waals surface area (Å²) in [6, 6.07) is 6.96. The van der Waals surface area contributed by atoms with Crippen LogP contribution in [0.15, 0.2) is 45.7 Å². The molecule has 0 amide bonds. The van der Waals surface area contributed by atoms with Crippen LogP contribution in [0, 0.1) is 0 Å². The largest absolute Gasteiger partial charge is 0.475 e. The van der Waals surface area contributed by atoms with Crippen molar-refractivity contribution in [2.75, 3.05) is 0 Å². The zero-order valence-electron chi connectivity index (χ0n) is 6.71. The summed E-state index contributed by atoms with van der Waals surface area (Å²) in [5, 5.41) is 12.3. The fraction of sp³-hybridized carbons (Fsp3) is 0. The molecule has 0 aliphatic carbocycles. The third-order valence-electron chi connectivity index (χ3n) is 1.16. The first kappa shape index (κ1) is 9.54. The Balaban J connectivity index is 0.000000145. The fourth-order valence-corrected chi connectivity index (χ4v) is 1.08. The van der Waals surface area contributed by atoms with Crippen LogP contribution >= 0.6 is 11.3 Å². The van der Waals surface area contributed by atoms with Gasteiger partial charge in [-0.2, -0.15) is 11.3 Å². The molecule has 0 saturated carbocycles. The lowest BCUT2D eigenvalue weighted by Gasteiger charge is -1.79. The van der Waals surface area contributed by atoms with Gasteiger partial charge in [-0.15, -0.1) is 0 Å². The van der Waals surface area contributed by atoms with Crippen LogP contribution in [0.3, 0.4) is 0 Å². The van der Waals surface area contributed by atoms with E-state index in [1.54, 1.807) is 11.3 Å². The molecule has 0 aliphatic rings. The van der Waals surface area contributed by atoms with E-state index < -0.39 is 5.97 Å². The number of hydrogen-bond donors (Lipinski definition) is 1. The van der Waals surface area contributed by atoms with Crippen LogP contribution < -0.4 is 0 Å². The molecule has 0 saturated heterocycles. The molecule has 0 unspecified atom stereocenters. The number of hydrogen-bond acceptors (Lipinski definition) is 3. The summed E-state index contributed by atoms with van der Waals surface area (Å²) in [4.78, 5) is 9.97. The molecule has 0 spiro atoms. The second kappa shape index (κ2) is 5.16. The van der Waals surface area contributed by atoms with Gasteiger partial charge < -0.3 is 9.52 Å². The van der Waals surface area contributed by atoms with Crippen molar-refractivity contribution < 1.29 is 14.3 Å². The minimum absolute atomic E-state index is 0.0231. The first-order valence-corrected chi connectivity index (χ1v) is 4.49. The van der Waals surface area contributed by atoms with E-state index in [4.69, 9.17) is 5.11 Å². The van der Waals surface area contributed by atoms with Crippen molar-refractivity contribution in [1.29, 1.82) is 0 Å². The number of rotatable bonds is 1. The first-order valence-electron chi connectivity index (χ1n) is 3.54. The molecule has 4 heteroatoms. The normalized spacial score (nSPS) is 8.62. The van der Waals surface area contributed by atoms with E-state index >= 15 is 0 Å². The van der Waals surface area contributed by atoms with Gasteiger partial charge in [0.25, 0.3) is 0 Å². The molecule has 0 bridgehead atoms. The Morgan fingerprint density at radius 2 is 2.00 bits per heavy atom. The summed E-state index contributed by atoms with van der Waals surface area (Å²) in [6.45, 7) is 0. The number of carboxylic acid groups (broad SMARTS) is 1. The van der Waals surface area contributed by atoms with Gasteiger partial charge in [0.15, 0.2) is 0 Å². The molecule has 2 aromatic rings. The predicted molar refractivity (Wildman–Crippen MR) is 50.0 cm³/mol. The molecule has 13 heavy (non-hydrogen) atoms. The summed E-state index contributed by atoms with van der Waals surface area (Å²) in [5.41, 5.74) is 0. The lowest BCUT2D eigenvalue weighted by atomic mass is 10.5. The number of furan rings is 1. The number of carboxylic acids is 1. The highest BCUT2D eigenvalue weighted by molar-refractivity contribution is 7.07. The zero-order valence-corrected chi connectivity index (χ0v) is 7.53. The van der Waals surface area contributed by atoms with Gasteiger partial charge in [-0.3, -0.25) is 0 Å². The van der Waals surface area contributed by atoms with Crippen LogP contribution in [0.25, 0.3) is 0 Å². The van der Waals surface area contributed by atoms with Crippen LogP contribution in [-0.2, 0) is 0 Å². The molecule has 2 rings (SSSR count). The Hall–Kier alpha value is -1.55. The van der Waals surface area contributed by atoms with E-state index in [2.05, 4.69) is 4.42 Å². The van der Waals surface area contributed by atoms with Crippen molar-refractivity contribution in [3.05, 3.63) is 47.0 Å². The molecule has 68 valence electrons. The smallest absolute Gasteiger partial charge is 0.371 e. The first-order chi connectivity index (χ1) is 6.30. The second-order valence-corrected chi connectivity index (χ2v) is 2.89. The van der Waals surface area contributed by atoms with Crippen molar-refractivity contribution in [3.63, 3.8) is 0 Å². The van der Waals surface area contributed by atoms with E-state index in [-0.39, 0.29) is 5.76 Å². The monoisotopic (exact) mass is 196 g/mol. The highest BCUT2D eigenvalue weighted by Gasteiger charge is 2.01. The van der Waals surface area contributed by atoms with Crippen molar-refractivity contribution in [2.45, 2.75) is 0 Å². The van der Waals surface area contributed by atoms with Crippen molar-refractivity contribution >= 4 is 17.3 Å². The fourth-order valence-electron chi connectivity index (χ4n) is 0.627. The Labute approximate surface area is 79.2 Å². The molecule has 0 radical (unpaired) electrons. The van der Waals surface area contributed by atoms with Gasteiger partial charge in [0, 0.05) is 0 Å². The molecule has 2 heterocycles. The Bertz CT molecular complexity index is 306. The highest BCUT2D eigenvalue weighted by Crippen LogP contribution is 1.97. The van der Waals surface area contributed by atoms with Crippen LogP contribution in [0.4, 0.5) is 0 Å². The molecule has 0 atom stereocenters. The maximum absolute atomic E-state index is 9.97. The van der Waals surface area contributed by atoms with E-state index in [9.17, 15) is 4.79 Å². The maximum Gasteiger partial charge on any atom is 0.371 e. The summed E-state index contributed by atoms with van der Waals surface area (Å²) < 4.78 is 4.50. The van der Waals surface area contributed by atoms with Gasteiger partial charge in [-0.25, -0.2) is 4.79 Å². The molecule has 2 aromatic heterocycles. The molecular formula is C9H8O3S. The third kappa shape index (κ3) is 3.57. The van der Waals surface area contributed by atoms with E-state index in [1.807, 2.05) is 22.9 Å². The molecular weight excluding hydrogens is 188 g/mol. The zero-order chi connectivity index (χ0) is 9.52. The van der Waals surface area contributed by atoms with Gasteiger partial charge in [0.1, 0.15) is 0 Å². The Morgan fingerprint density at radius 1 is 1.31 bits per heavy atom. The van der Waals surface area contributed by atoms with E-state index in [0.717, 1.165) is 0 Å². The van der Waals surface area contributed by atoms with E-state index in [0.29, 0.717) is 0 Å². The number of aromatic carboxylic acids is 1. The van der Waals surface area contributed by atoms with Gasteiger partial charge in [0.05, 0.1) is 6.26 Å². The third-order valence-corrected chi connectivity index (χ3v) is 1.79. The lowest BCUT2D eigenvalue weighted by molar-refractivity contribution is 0.0662. The summed E-state index contributed by atoms with van der Waals surface area (Å²) in [5.74, 6) is -1.06. The quantitative estimate of drug-likeness (QED) is 0.762. The minimum atomic E-state index is -1.03. The second-order valence-electron chi connectivity index (χ2n) is 2.08. The van der Waals surface area contributed by atoms with Crippen LogP contribution in [0.1, 0.15) is 10.6 Å². The lowest BCUT2D eigenvalue weighted by Crippen LogP contribution is -1.90. The maximum atomic E-state index is 9.97. The van der Waals surface area contributed by atoms with Crippen molar-refractivity contribution in [1.82, 2.24) is 0 Å². The summed E-state index contributed by atoms with van der Waals surface area (Å²) in [6.07, 6.45) is 1.32. The SMILES string of the molecule is O=C(O)c1ccco1.c1ccsc1. The molecule has 1 N–H and O–H groups in total. The highest BCUT2D eigenvalue weighted by atomic mass is 32.1. The van der Waals surface area contributed by atoms with Gasteiger partial charge in [0.2, 0.25) is 5.76 Å². The van der Waals surface area contributed by atoms with Crippen LogP contribution in [0.2, 0.25) is 0 Å². The summed E-state index contributed by atoms with van der Waals surface area (Å²) in [7, 11) is 0. The minimum Gasteiger partial charge on any atom is -0.475 e. The van der Waals surface area contributed by atoms with Gasteiger partial charge in [-0.05, 0) is 22.9 Å². The van der Waals surface area contributed by atoms with Crippen molar-refractivity contribution in [2.24, 2.45) is 0 Å². The number of carbonyl (C=O) groups is 1. The number of thiophene rings is 1. The van der Waals surface area contributed by atoms with E-state index in [1.165, 1.54) is 18.4 Å². The standard InChI is InChI=1S/C5H4O3.C4H4S/c6-5(7)4-2-1-3-8-4;1-2-4-5-3-1/h1-3H,(H,6,7);1-4H. The van der Waals surface area contributed by atoms with Gasteiger partial charge >= 0.3 is 5.97 Å². The molecule has 3 nitrogen and oxygen atoms in total. The Kier molecular flexibility index (Phi) is 3.78. The average molecular weight is 196 g/mol. The van der Waals surface area contributed by atoms with Crippen LogP contribution in [-0.4, -0.2) is 11.1 Å². The molecule has 0 aromatic carbocycles. The van der Waals surface area contributed by atoms with Crippen LogP contribution in [0.5, 0.6) is 0 Å². The van der Waals surface area contributed by atoms with Gasteiger partial charge in [-0.1, -0.05) is 12.1 Å². The molecule has 0 aliphatic heterocycles. The summed E-state index contributed by atoms with van der Waals surface area (Å²) >= 11 is 1.71. The Morgan fingerprint density at radius 3 is 2.23 bits per heavy atom. The topological polar surface area (TPSA) is 50.4 Å². The van der Waals surface area contributed by atoms with Crippen molar-refractivity contribution in [3.8, 4) is 0 Å². The molecule has 0 fully saturated rings. The average Bonchev–Trinajstić information content (AvgIpc) is 2.82.